The van der Waals surface area contributed by atoms with Crippen molar-refractivity contribution in [1.82, 2.24) is 4.72 Å². The molecule has 1 aromatic rings. The highest BCUT2D eigenvalue weighted by atomic mass is 32.2. The van der Waals surface area contributed by atoms with E-state index in [0.717, 1.165) is 12.2 Å². The molecular formula is C11H15N3O2S2. The maximum atomic E-state index is 12.0. The second kappa shape index (κ2) is 6.64. The predicted octanol–water partition coefficient (Wildman–Crippen LogP) is 1.17. The molecule has 0 heterocycles. The molecule has 0 saturated carbocycles. The number of nitriles is 1. The van der Waals surface area contributed by atoms with E-state index in [1.165, 1.54) is 18.2 Å². The Balaban J connectivity index is 2.89. The molecular weight excluding hydrogens is 270 g/mol. The van der Waals surface area contributed by atoms with Gasteiger partial charge in [-0.05, 0) is 36.6 Å². The van der Waals surface area contributed by atoms with Crippen LogP contribution in [0.4, 0.5) is 5.69 Å². The monoisotopic (exact) mass is 285 g/mol. The van der Waals surface area contributed by atoms with Crippen molar-refractivity contribution in [2.45, 2.75) is 11.3 Å². The summed E-state index contributed by atoms with van der Waals surface area (Å²) in [5.74, 6) is 0.884. The SMILES string of the molecule is CSCCCNS(=O)(=O)c1ccc(N)cc1C#N. The molecule has 0 aromatic heterocycles. The molecule has 1 rings (SSSR count). The van der Waals surface area contributed by atoms with Crippen molar-refractivity contribution in [2.75, 3.05) is 24.3 Å². The average Bonchev–Trinajstić information content (AvgIpc) is 2.34. The number of hydrogen-bond donors (Lipinski definition) is 2. The Bertz CT molecular complexity index is 550. The number of nitrogens with zero attached hydrogens (tertiary/aromatic N) is 1. The molecule has 0 saturated heterocycles. The number of benzene rings is 1. The first-order valence-electron chi connectivity index (χ1n) is 5.29. The van der Waals surface area contributed by atoms with Gasteiger partial charge in [0.15, 0.2) is 0 Å². The first kappa shape index (κ1) is 14.8. The van der Waals surface area contributed by atoms with Crippen LogP contribution < -0.4 is 10.5 Å². The minimum absolute atomic E-state index is 0.0247. The van der Waals surface area contributed by atoms with Crippen LogP contribution in [0.1, 0.15) is 12.0 Å². The minimum atomic E-state index is -3.64. The van der Waals surface area contributed by atoms with Crippen LogP contribution in [0.5, 0.6) is 0 Å². The lowest BCUT2D eigenvalue weighted by molar-refractivity contribution is 0.581. The Morgan fingerprint density at radius 2 is 2.22 bits per heavy atom. The van der Waals surface area contributed by atoms with E-state index in [4.69, 9.17) is 11.0 Å². The van der Waals surface area contributed by atoms with Crippen LogP contribution in [0.25, 0.3) is 0 Å². The van der Waals surface area contributed by atoms with E-state index < -0.39 is 10.0 Å². The third-order valence-electron chi connectivity index (χ3n) is 2.23. The topological polar surface area (TPSA) is 96.0 Å². The minimum Gasteiger partial charge on any atom is -0.399 e. The molecule has 0 amide bonds. The standard InChI is InChI=1S/C11H15N3O2S2/c1-17-6-2-5-14-18(15,16)11-4-3-10(13)7-9(11)8-12/h3-4,7,14H,2,5-6,13H2,1H3. The Morgan fingerprint density at radius 3 is 2.83 bits per heavy atom. The highest BCUT2D eigenvalue weighted by Gasteiger charge is 2.17. The number of sulfonamides is 1. The predicted molar refractivity (Wildman–Crippen MR) is 73.8 cm³/mol. The zero-order valence-electron chi connectivity index (χ0n) is 10.0. The first-order valence-corrected chi connectivity index (χ1v) is 8.17. The summed E-state index contributed by atoms with van der Waals surface area (Å²) in [7, 11) is -3.64. The summed E-state index contributed by atoms with van der Waals surface area (Å²) in [5, 5.41) is 8.91. The van der Waals surface area contributed by atoms with Crippen LogP contribution in [0, 0.1) is 11.3 Å². The number of thioether (sulfide) groups is 1. The summed E-state index contributed by atoms with van der Waals surface area (Å²) in [4.78, 5) is -0.0247. The van der Waals surface area contributed by atoms with Gasteiger partial charge in [0.2, 0.25) is 10.0 Å². The van der Waals surface area contributed by atoms with Crippen LogP contribution >= 0.6 is 11.8 Å². The van der Waals surface area contributed by atoms with Crippen LogP contribution in [0.3, 0.4) is 0 Å². The van der Waals surface area contributed by atoms with Crippen molar-refractivity contribution in [2.24, 2.45) is 0 Å². The summed E-state index contributed by atoms with van der Waals surface area (Å²) in [6.07, 6.45) is 2.71. The van der Waals surface area contributed by atoms with Gasteiger partial charge < -0.3 is 5.73 Å². The van der Waals surface area contributed by atoms with Gasteiger partial charge >= 0.3 is 0 Å². The van der Waals surface area contributed by atoms with E-state index in [9.17, 15) is 8.42 Å². The smallest absolute Gasteiger partial charge is 0.241 e. The van der Waals surface area contributed by atoms with E-state index in [1.54, 1.807) is 11.8 Å². The summed E-state index contributed by atoms with van der Waals surface area (Å²) in [6, 6.07) is 6.02. The molecule has 18 heavy (non-hydrogen) atoms. The van der Waals surface area contributed by atoms with Gasteiger partial charge in [-0.15, -0.1) is 0 Å². The maximum Gasteiger partial charge on any atom is 0.241 e. The number of nitrogens with one attached hydrogen (secondary N) is 1. The molecule has 0 aliphatic heterocycles. The Labute approximate surface area is 111 Å². The Morgan fingerprint density at radius 1 is 1.50 bits per heavy atom. The van der Waals surface area contributed by atoms with Gasteiger partial charge in [0.1, 0.15) is 6.07 Å². The zero-order chi connectivity index (χ0) is 13.6. The summed E-state index contributed by atoms with van der Waals surface area (Å²) in [6.45, 7) is 0.360. The molecule has 0 bridgehead atoms. The normalized spacial score (nSPS) is 11.1. The molecule has 1 aromatic carbocycles. The van der Waals surface area contributed by atoms with Crippen molar-refractivity contribution in [3.8, 4) is 6.07 Å². The second-order valence-corrected chi connectivity index (χ2v) is 6.33. The van der Waals surface area contributed by atoms with Gasteiger partial charge in [-0.3, -0.25) is 0 Å². The van der Waals surface area contributed by atoms with Crippen molar-refractivity contribution in [3.63, 3.8) is 0 Å². The summed E-state index contributed by atoms with van der Waals surface area (Å²) in [5.41, 5.74) is 5.95. The first-order chi connectivity index (χ1) is 8.51. The largest absolute Gasteiger partial charge is 0.399 e. The van der Waals surface area contributed by atoms with Crippen LogP contribution in [-0.2, 0) is 10.0 Å². The van der Waals surface area contributed by atoms with Gasteiger partial charge in [-0.1, -0.05) is 0 Å². The molecule has 7 heteroatoms. The molecule has 0 radical (unpaired) electrons. The fourth-order valence-corrected chi connectivity index (χ4v) is 3.01. The number of hydrogen-bond acceptors (Lipinski definition) is 5. The molecule has 98 valence electrons. The summed E-state index contributed by atoms with van der Waals surface area (Å²) < 4.78 is 26.4. The van der Waals surface area contributed by atoms with Gasteiger partial charge in [0, 0.05) is 12.2 Å². The lowest BCUT2D eigenvalue weighted by Gasteiger charge is -2.08. The van der Waals surface area contributed by atoms with Crippen molar-refractivity contribution < 1.29 is 8.42 Å². The van der Waals surface area contributed by atoms with E-state index in [2.05, 4.69) is 4.72 Å². The van der Waals surface area contributed by atoms with Crippen molar-refractivity contribution in [1.29, 1.82) is 5.26 Å². The molecule has 0 atom stereocenters. The molecule has 0 aliphatic rings. The molecule has 0 spiro atoms. The molecule has 0 aliphatic carbocycles. The van der Waals surface area contributed by atoms with E-state index in [-0.39, 0.29) is 10.5 Å². The quantitative estimate of drug-likeness (QED) is 0.604. The number of anilines is 1. The Hall–Kier alpha value is -1.23. The third-order valence-corrected chi connectivity index (χ3v) is 4.45. The van der Waals surface area contributed by atoms with Crippen molar-refractivity contribution >= 4 is 27.5 Å². The third kappa shape index (κ3) is 3.91. The van der Waals surface area contributed by atoms with Gasteiger partial charge in [-0.2, -0.15) is 17.0 Å². The molecule has 3 N–H and O–H groups in total. The van der Waals surface area contributed by atoms with E-state index >= 15 is 0 Å². The van der Waals surface area contributed by atoms with E-state index in [1.807, 2.05) is 12.3 Å². The Kier molecular flexibility index (Phi) is 5.47. The molecule has 0 fully saturated rings. The summed E-state index contributed by atoms with van der Waals surface area (Å²) >= 11 is 1.65. The van der Waals surface area contributed by atoms with Crippen LogP contribution in [0.2, 0.25) is 0 Å². The second-order valence-electron chi connectivity index (χ2n) is 3.61. The molecule has 5 nitrogen and oxygen atoms in total. The van der Waals surface area contributed by atoms with Crippen LogP contribution in [-0.4, -0.2) is 27.0 Å². The van der Waals surface area contributed by atoms with Crippen molar-refractivity contribution in [3.05, 3.63) is 23.8 Å². The lowest BCUT2D eigenvalue weighted by atomic mass is 10.2. The van der Waals surface area contributed by atoms with Gasteiger partial charge in [0.05, 0.1) is 10.5 Å². The zero-order valence-corrected chi connectivity index (χ0v) is 11.6. The highest BCUT2D eigenvalue weighted by Crippen LogP contribution is 2.17. The van der Waals surface area contributed by atoms with Gasteiger partial charge in [0.25, 0.3) is 0 Å². The fourth-order valence-electron chi connectivity index (χ4n) is 1.37. The molecule has 0 unspecified atom stereocenters. The number of nitrogens with two attached hydrogens (primary N) is 1. The van der Waals surface area contributed by atoms with Gasteiger partial charge in [-0.25, -0.2) is 13.1 Å². The fraction of sp³-hybridized carbons (Fsp3) is 0.364. The number of rotatable bonds is 6. The number of nitrogen functional groups attached to an aromatic ring is 1. The maximum absolute atomic E-state index is 12.0. The lowest BCUT2D eigenvalue weighted by Crippen LogP contribution is -2.26. The average molecular weight is 285 g/mol. The van der Waals surface area contributed by atoms with Crippen LogP contribution in [0.15, 0.2) is 23.1 Å². The highest BCUT2D eigenvalue weighted by molar-refractivity contribution is 7.98. The van der Waals surface area contributed by atoms with E-state index in [0.29, 0.717) is 12.2 Å².